The van der Waals surface area contributed by atoms with Crippen molar-refractivity contribution in [2.75, 3.05) is 12.0 Å². The van der Waals surface area contributed by atoms with Gasteiger partial charge in [-0.3, -0.25) is 25.8 Å². The first-order valence-electron chi connectivity index (χ1n) is 7.21. The summed E-state index contributed by atoms with van der Waals surface area (Å²) in [4.78, 5) is 21.8. The number of hydrogen-bond donors (Lipinski definition) is 2. The Labute approximate surface area is 135 Å². The lowest BCUT2D eigenvalue weighted by Crippen LogP contribution is -2.38. The van der Waals surface area contributed by atoms with Crippen molar-refractivity contribution in [1.82, 2.24) is 5.43 Å². The molecule has 2 rings (SSSR count). The van der Waals surface area contributed by atoms with Gasteiger partial charge in [0.25, 0.3) is 11.6 Å². The fourth-order valence-electron chi connectivity index (χ4n) is 1.84. The molecule has 0 bridgehead atoms. The number of nitrogens with zero attached hydrogens (tertiary/aromatic N) is 1. The molecule has 2 N–H and O–H groups in total. The minimum atomic E-state index is -4.70. The highest BCUT2D eigenvalue weighted by Gasteiger charge is 2.33. The molecule has 1 atom stereocenters. The van der Waals surface area contributed by atoms with Crippen molar-refractivity contribution < 1.29 is 27.6 Å². The van der Waals surface area contributed by atoms with E-state index in [9.17, 15) is 28.1 Å². The number of alkyl halides is 3. The molecule has 1 unspecified atom stereocenters. The molecule has 132 valence electrons. The van der Waals surface area contributed by atoms with Crippen LogP contribution in [0.5, 0.6) is 0 Å². The van der Waals surface area contributed by atoms with Crippen LogP contribution in [0.2, 0.25) is 0 Å². The molecule has 0 heterocycles. The fraction of sp³-hybridized carbons (Fsp3) is 0.500. The Kier molecular flexibility index (Phi) is 5.27. The molecule has 1 aromatic rings. The zero-order valence-electron chi connectivity index (χ0n) is 12.7. The van der Waals surface area contributed by atoms with Gasteiger partial charge in [0, 0.05) is 6.07 Å². The Morgan fingerprint density at radius 2 is 2.12 bits per heavy atom. The van der Waals surface area contributed by atoms with Gasteiger partial charge >= 0.3 is 6.18 Å². The number of anilines is 1. The molecule has 7 nitrogen and oxygen atoms in total. The van der Waals surface area contributed by atoms with Gasteiger partial charge in [-0.05, 0) is 37.8 Å². The number of hydrazine groups is 1. The number of benzene rings is 1. The number of nitro groups is 1. The Balaban J connectivity index is 2.00. The molecule has 1 fully saturated rings. The number of halogens is 3. The molecule has 0 aromatic heterocycles. The molecule has 1 aliphatic carbocycles. The normalized spacial score (nSPS) is 15.7. The molecule has 1 amide bonds. The summed E-state index contributed by atoms with van der Waals surface area (Å²) < 4.78 is 43.1. The van der Waals surface area contributed by atoms with E-state index in [-0.39, 0.29) is 5.69 Å². The van der Waals surface area contributed by atoms with E-state index >= 15 is 0 Å². The highest BCUT2D eigenvalue weighted by Crippen LogP contribution is 2.34. The van der Waals surface area contributed by atoms with E-state index in [2.05, 4.69) is 10.9 Å². The van der Waals surface area contributed by atoms with E-state index in [1.165, 1.54) is 6.92 Å². The Bertz CT molecular complexity index is 632. The standard InChI is InChI=1S/C14H16F3N3O4/c1-8(24-7-9-2-3-9)13(21)19-18-11-5-4-10(14(15,16)17)6-12(11)20(22)23/h4-6,8-9,18H,2-3,7H2,1H3,(H,19,21). The van der Waals surface area contributed by atoms with E-state index in [1.807, 2.05) is 0 Å². The lowest BCUT2D eigenvalue weighted by molar-refractivity contribution is -0.384. The van der Waals surface area contributed by atoms with E-state index in [1.54, 1.807) is 0 Å². The zero-order valence-corrected chi connectivity index (χ0v) is 12.7. The molecule has 0 saturated heterocycles. The van der Waals surface area contributed by atoms with Gasteiger partial charge in [-0.2, -0.15) is 13.2 Å². The minimum Gasteiger partial charge on any atom is -0.368 e. The molecule has 1 aromatic carbocycles. The van der Waals surface area contributed by atoms with Crippen LogP contribution >= 0.6 is 0 Å². The van der Waals surface area contributed by atoms with Crippen molar-refractivity contribution >= 4 is 17.3 Å². The third-order valence-electron chi connectivity index (χ3n) is 3.49. The first kappa shape index (κ1) is 18.0. The number of carbonyl (C=O) groups is 1. The fourth-order valence-corrected chi connectivity index (χ4v) is 1.84. The summed E-state index contributed by atoms with van der Waals surface area (Å²) >= 11 is 0. The van der Waals surface area contributed by atoms with Gasteiger partial charge in [0.2, 0.25) is 0 Å². The number of ether oxygens (including phenoxy) is 1. The van der Waals surface area contributed by atoms with E-state index in [4.69, 9.17) is 4.74 Å². The zero-order chi connectivity index (χ0) is 17.9. The predicted molar refractivity (Wildman–Crippen MR) is 78.0 cm³/mol. The molecule has 24 heavy (non-hydrogen) atoms. The molecule has 0 aliphatic heterocycles. The number of nitrogens with one attached hydrogen (secondary N) is 2. The van der Waals surface area contributed by atoms with Gasteiger partial charge in [0.1, 0.15) is 11.8 Å². The largest absolute Gasteiger partial charge is 0.416 e. The Morgan fingerprint density at radius 3 is 2.67 bits per heavy atom. The van der Waals surface area contributed by atoms with Crippen molar-refractivity contribution in [1.29, 1.82) is 0 Å². The van der Waals surface area contributed by atoms with Crippen LogP contribution in [0.25, 0.3) is 0 Å². The summed E-state index contributed by atoms with van der Waals surface area (Å²) in [5.41, 5.74) is 2.27. The molecule has 1 saturated carbocycles. The minimum absolute atomic E-state index is 0.254. The molecule has 0 spiro atoms. The van der Waals surface area contributed by atoms with Crippen LogP contribution in [-0.4, -0.2) is 23.5 Å². The van der Waals surface area contributed by atoms with Gasteiger partial charge in [-0.25, -0.2) is 0 Å². The van der Waals surface area contributed by atoms with Gasteiger partial charge in [-0.15, -0.1) is 0 Å². The first-order valence-corrected chi connectivity index (χ1v) is 7.21. The third kappa shape index (κ3) is 4.82. The van der Waals surface area contributed by atoms with Gasteiger partial charge in [0.05, 0.1) is 17.1 Å². The Hall–Kier alpha value is -2.36. The number of nitro benzene ring substituents is 1. The maximum absolute atomic E-state index is 12.6. The quantitative estimate of drug-likeness (QED) is 0.584. The molecular weight excluding hydrogens is 331 g/mol. The van der Waals surface area contributed by atoms with Crippen molar-refractivity contribution in [3.63, 3.8) is 0 Å². The molecule has 10 heteroatoms. The highest BCUT2D eigenvalue weighted by atomic mass is 19.4. The highest BCUT2D eigenvalue weighted by molar-refractivity contribution is 5.82. The maximum atomic E-state index is 12.6. The van der Waals surface area contributed by atoms with Crippen molar-refractivity contribution in [3.05, 3.63) is 33.9 Å². The first-order chi connectivity index (χ1) is 11.2. The third-order valence-corrected chi connectivity index (χ3v) is 3.49. The van der Waals surface area contributed by atoms with Gasteiger partial charge < -0.3 is 4.74 Å². The van der Waals surface area contributed by atoms with E-state index in [0.717, 1.165) is 18.9 Å². The van der Waals surface area contributed by atoms with Crippen LogP contribution in [0.15, 0.2) is 18.2 Å². The van der Waals surface area contributed by atoms with Gasteiger partial charge in [0.15, 0.2) is 0 Å². The topological polar surface area (TPSA) is 93.5 Å². The monoisotopic (exact) mass is 347 g/mol. The lowest BCUT2D eigenvalue weighted by Gasteiger charge is -2.15. The van der Waals surface area contributed by atoms with Crippen LogP contribution in [0, 0.1) is 16.0 Å². The number of rotatable bonds is 7. The summed E-state index contributed by atoms with van der Waals surface area (Å²) in [6, 6.07) is 1.98. The predicted octanol–water partition coefficient (Wildman–Crippen LogP) is 2.87. The number of carbonyl (C=O) groups excluding carboxylic acids is 1. The van der Waals surface area contributed by atoms with E-state index in [0.29, 0.717) is 24.7 Å². The second-order valence-electron chi connectivity index (χ2n) is 5.52. The maximum Gasteiger partial charge on any atom is 0.416 e. The summed E-state index contributed by atoms with van der Waals surface area (Å²) in [6.07, 6.45) is -3.36. The second kappa shape index (κ2) is 7.04. The van der Waals surface area contributed by atoms with Crippen molar-refractivity contribution in [3.8, 4) is 0 Å². The van der Waals surface area contributed by atoms with E-state index < -0.39 is 34.4 Å². The molecular formula is C14H16F3N3O4. The molecule has 1 aliphatic rings. The number of hydrogen-bond acceptors (Lipinski definition) is 5. The van der Waals surface area contributed by atoms with Crippen molar-refractivity contribution in [2.24, 2.45) is 5.92 Å². The van der Waals surface area contributed by atoms with Gasteiger partial charge in [-0.1, -0.05) is 0 Å². The smallest absolute Gasteiger partial charge is 0.368 e. The van der Waals surface area contributed by atoms with Crippen molar-refractivity contribution in [2.45, 2.75) is 32.0 Å². The average Bonchev–Trinajstić information content (AvgIpc) is 3.33. The summed E-state index contributed by atoms with van der Waals surface area (Å²) in [6.45, 7) is 1.97. The lowest BCUT2D eigenvalue weighted by atomic mass is 10.1. The Morgan fingerprint density at radius 1 is 1.46 bits per heavy atom. The van der Waals surface area contributed by atoms with Crippen LogP contribution in [0.3, 0.4) is 0 Å². The van der Waals surface area contributed by atoms with Crippen LogP contribution in [0.4, 0.5) is 24.5 Å². The summed E-state index contributed by atoms with van der Waals surface area (Å²) in [5, 5.41) is 10.9. The van der Waals surface area contributed by atoms with Crippen LogP contribution < -0.4 is 10.9 Å². The summed E-state index contributed by atoms with van der Waals surface area (Å²) in [5.74, 6) is -0.117. The average molecular weight is 347 g/mol. The van der Waals surface area contributed by atoms with Crippen LogP contribution in [0.1, 0.15) is 25.3 Å². The SMILES string of the molecule is CC(OCC1CC1)C(=O)NNc1ccc(C(F)(F)F)cc1[N+](=O)[O-]. The number of amides is 1. The summed E-state index contributed by atoms with van der Waals surface area (Å²) in [7, 11) is 0. The molecule has 0 radical (unpaired) electrons. The van der Waals surface area contributed by atoms with Crippen LogP contribution in [-0.2, 0) is 15.7 Å². The second-order valence-corrected chi connectivity index (χ2v) is 5.52.